The number of nitrogens with one attached hydrogen (secondary N) is 2. The van der Waals surface area contributed by atoms with Crippen LogP contribution >= 0.6 is 0 Å². The molecule has 2 aromatic rings. The molecule has 2 N–H and O–H groups in total. The summed E-state index contributed by atoms with van der Waals surface area (Å²) in [5.41, 5.74) is 3.79. The molecule has 0 aromatic heterocycles. The Labute approximate surface area is 145 Å². The zero-order valence-electron chi connectivity index (χ0n) is 14.1. The minimum absolute atomic E-state index is 0.155. The number of aryl methyl sites for hydroxylation is 2. The SMILES string of the molecule is Cc1cc(C)cc(NC(=O)c2ccc(NC(=O)CCC(=O)[O-])cc2)c1. The molecule has 2 amide bonds. The van der Waals surface area contributed by atoms with Gasteiger partial charge in [0.15, 0.2) is 0 Å². The molecule has 2 rings (SSSR count). The average molecular weight is 339 g/mol. The van der Waals surface area contributed by atoms with E-state index in [1.807, 2.05) is 32.0 Å². The maximum Gasteiger partial charge on any atom is 0.255 e. The van der Waals surface area contributed by atoms with Gasteiger partial charge in [0, 0.05) is 29.3 Å². The van der Waals surface area contributed by atoms with Crippen LogP contribution in [0.5, 0.6) is 0 Å². The maximum absolute atomic E-state index is 12.3. The highest BCUT2D eigenvalue weighted by atomic mass is 16.4. The Balaban J connectivity index is 1.97. The van der Waals surface area contributed by atoms with Crippen LogP contribution in [-0.2, 0) is 9.59 Å². The highest BCUT2D eigenvalue weighted by Crippen LogP contribution is 2.16. The van der Waals surface area contributed by atoms with Gasteiger partial charge in [0.05, 0.1) is 0 Å². The number of aliphatic carboxylic acids is 1. The van der Waals surface area contributed by atoms with E-state index in [9.17, 15) is 19.5 Å². The normalized spacial score (nSPS) is 10.2. The molecule has 0 fully saturated rings. The lowest BCUT2D eigenvalue weighted by Crippen LogP contribution is -2.24. The molecule has 0 aliphatic heterocycles. The lowest BCUT2D eigenvalue weighted by Gasteiger charge is -2.09. The van der Waals surface area contributed by atoms with Crippen molar-refractivity contribution in [2.24, 2.45) is 0 Å². The molecule has 130 valence electrons. The molecule has 0 radical (unpaired) electrons. The first-order chi connectivity index (χ1) is 11.8. The fourth-order valence-electron chi connectivity index (χ4n) is 2.39. The molecule has 0 saturated heterocycles. The summed E-state index contributed by atoms with van der Waals surface area (Å²) in [4.78, 5) is 34.2. The third-order valence-corrected chi connectivity index (χ3v) is 3.47. The number of carbonyl (C=O) groups is 3. The van der Waals surface area contributed by atoms with Gasteiger partial charge in [-0.2, -0.15) is 0 Å². The molecule has 6 nitrogen and oxygen atoms in total. The summed E-state index contributed by atoms with van der Waals surface area (Å²) in [5.74, 6) is -1.94. The number of benzene rings is 2. The van der Waals surface area contributed by atoms with E-state index in [0.29, 0.717) is 11.3 Å². The smallest absolute Gasteiger partial charge is 0.255 e. The van der Waals surface area contributed by atoms with Crippen LogP contribution in [0, 0.1) is 13.8 Å². The van der Waals surface area contributed by atoms with Crippen LogP contribution in [0.25, 0.3) is 0 Å². The average Bonchev–Trinajstić information content (AvgIpc) is 2.52. The number of hydrogen-bond acceptors (Lipinski definition) is 4. The predicted octanol–water partition coefficient (Wildman–Crippen LogP) is 2.02. The quantitative estimate of drug-likeness (QED) is 0.841. The predicted molar refractivity (Wildman–Crippen MR) is 93.2 cm³/mol. The standard InChI is InChI=1S/C19H20N2O4/c1-12-9-13(2)11-16(10-12)21-19(25)14-3-5-15(6-4-14)20-17(22)7-8-18(23)24/h3-6,9-11H,7-8H2,1-2H3,(H,20,22)(H,21,25)(H,23,24)/p-1. The maximum atomic E-state index is 12.3. The minimum atomic E-state index is -1.27. The van der Waals surface area contributed by atoms with E-state index in [2.05, 4.69) is 10.6 Å². The molecule has 0 saturated carbocycles. The van der Waals surface area contributed by atoms with Gasteiger partial charge in [0.1, 0.15) is 0 Å². The molecule has 25 heavy (non-hydrogen) atoms. The molecule has 0 spiro atoms. The van der Waals surface area contributed by atoms with Crippen molar-refractivity contribution >= 4 is 29.2 Å². The van der Waals surface area contributed by atoms with E-state index in [-0.39, 0.29) is 18.7 Å². The molecule has 0 unspecified atom stereocenters. The second-order valence-corrected chi connectivity index (χ2v) is 5.83. The summed E-state index contributed by atoms with van der Waals surface area (Å²) < 4.78 is 0. The number of carboxylic acid groups (broad SMARTS) is 1. The van der Waals surface area contributed by atoms with E-state index in [4.69, 9.17) is 0 Å². The highest BCUT2D eigenvalue weighted by molar-refractivity contribution is 6.04. The first-order valence-corrected chi connectivity index (χ1v) is 7.83. The Morgan fingerprint density at radius 3 is 2.00 bits per heavy atom. The number of carbonyl (C=O) groups excluding carboxylic acids is 3. The molecule has 0 atom stereocenters. The Bertz CT molecular complexity index is 777. The van der Waals surface area contributed by atoms with E-state index in [0.717, 1.165) is 16.8 Å². The molecule has 0 aliphatic rings. The van der Waals surface area contributed by atoms with Gasteiger partial charge in [-0.3, -0.25) is 9.59 Å². The fraction of sp³-hybridized carbons (Fsp3) is 0.211. The van der Waals surface area contributed by atoms with E-state index >= 15 is 0 Å². The van der Waals surface area contributed by atoms with Crippen LogP contribution in [0.1, 0.15) is 34.3 Å². The first kappa shape index (κ1) is 18.2. The Morgan fingerprint density at radius 2 is 1.44 bits per heavy atom. The van der Waals surface area contributed by atoms with Gasteiger partial charge in [0.25, 0.3) is 5.91 Å². The molecular formula is C19H19N2O4-. The lowest BCUT2D eigenvalue weighted by atomic mass is 10.1. The topological polar surface area (TPSA) is 98.3 Å². The summed E-state index contributed by atoms with van der Waals surface area (Å²) in [7, 11) is 0. The van der Waals surface area contributed by atoms with Gasteiger partial charge in [-0.25, -0.2) is 0 Å². The number of hydrogen-bond donors (Lipinski definition) is 2. The zero-order valence-corrected chi connectivity index (χ0v) is 14.1. The zero-order chi connectivity index (χ0) is 18.4. The second-order valence-electron chi connectivity index (χ2n) is 5.83. The summed E-state index contributed by atoms with van der Waals surface area (Å²) in [6.45, 7) is 3.92. The number of carboxylic acids is 1. The van der Waals surface area contributed by atoms with E-state index in [1.54, 1.807) is 24.3 Å². The van der Waals surface area contributed by atoms with Gasteiger partial charge >= 0.3 is 0 Å². The van der Waals surface area contributed by atoms with Gasteiger partial charge < -0.3 is 20.5 Å². The van der Waals surface area contributed by atoms with E-state index in [1.165, 1.54) is 0 Å². The third-order valence-electron chi connectivity index (χ3n) is 3.47. The summed E-state index contributed by atoms with van der Waals surface area (Å²) in [6, 6.07) is 12.2. The number of amides is 2. The van der Waals surface area contributed by atoms with Crippen LogP contribution in [0.4, 0.5) is 11.4 Å². The van der Waals surface area contributed by atoms with E-state index < -0.39 is 11.9 Å². The Morgan fingerprint density at radius 1 is 0.840 bits per heavy atom. The first-order valence-electron chi connectivity index (χ1n) is 7.83. The van der Waals surface area contributed by atoms with Crippen molar-refractivity contribution in [3.8, 4) is 0 Å². The molecule has 6 heteroatoms. The van der Waals surface area contributed by atoms with Crippen LogP contribution in [0.3, 0.4) is 0 Å². The Hall–Kier alpha value is -3.15. The van der Waals surface area contributed by atoms with Crippen LogP contribution in [-0.4, -0.2) is 17.8 Å². The van der Waals surface area contributed by atoms with Crippen LogP contribution in [0.2, 0.25) is 0 Å². The summed E-state index contributed by atoms with van der Waals surface area (Å²) in [6.07, 6.45) is -0.487. The number of rotatable bonds is 6. The largest absolute Gasteiger partial charge is 0.550 e. The third kappa shape index (κ3) is 5.76. The highest BCUT2D eigenvalue weighted by Gasteiger charge is 2.08. The van der Waals surface area contributed by atoms with Crippen molar-refractivity contribution in [2.45, 2.75) is 26.7 Å². The van der Waals surface area contributed by atoms with Crippen LogP contribution < -0.4 is 15.7 Å². The lowest BCUT2D eigenvalue weighted by molar-refractivity contribution is -0.305. The van der Waals surface area contributed by atoms with Crippen molar-refractivity contribution in [1.82, 2.24) is 0 Å². The summed E-state index contributed by atoms with van der Waals surface area (Å²) >= 11 is 0. The minimum Gasteiger partial charge on any atom is -0.550 e. The van der Waals surface area contributed by atoms with Crippen molar-refractivity contribution in [2.75, 3.05) is 10.6 Å². The van der Waals surface area contributed by atoms with Crippen molar-refractivity contribution < 1.29 is 19.5 Å². The van der Waals surface area contributed by atoms with Gasteiger partial charge in [-0.1, -0.05) is 6.07 Å². The van der Waals surface area contributed by atoms with Gasteiger partial charge in [0.2, 0.25) is 5.91 Å². The van der Waals surface area contributed by atoms with Gasteiger partial charge in [-0.15, -0.1) is 0 Å². The molecule has 0 heterocycles. The monoisotopic (exact) mass is 339 g/mol. The second kappa shape index (κ2) is 8.10. The van der Waals surface area contributed by atoms with Crippen molar-refractivity contribution in [3.63, 3.8) is 0 Å². The molecule has 0 aliphatic carbocycles. The summed E-state index contributed by atoms with van der Waals surface area (Å²) in [5, 5.41) is 15.7. The van der Waals surface area contributed by atoms with Gasteiger partial charge in [-0.05, 0) is 67.8 Å². The van der Waals surface area contributed by atoms with Crippen molar-refractivity contribution in [1.29, 1.82) is 0 Å². The molecule has 2 aromatic carbocycles. The van der Waals surface area contributed by atoms with Crippen molar-refractivity contribution in [3.05, 3.63) is 59.2 Å². The molecule has 0 bridgehead atoms. The Kier molecular flexibility index (Phi) is 5.89. The number of anilines is 2. The van der Waals surface area contributed by atoms with Crippen LogP contribution in [0.15, 0.2) is 42.5 Å². The fourth-order valence-corrected chi connectivity index (χ4v) is 2.39. The molecular weight excluding hydrogens is 320 g/mol.